The average molecular weight is 315 g/mol. The predicted octanol–water partition coefficient (Wildman–Crippen LogP) is 5.16. The van der Waals surface area contributed by atoms with Crippen molar-refractivity contribution in [1.82, 2.24) is 5.32 Å². The van der Waals surface area contributed by atoms with E-state index in [1.54, 1.807) is 0 Å². The van der Waals surface area contributed by atoms with Gasteiger partial charge in [0.1, 0.15) is 0 Å². The van der Waals surface area contributed by atoms with Crippen LogP contribution in [0.3, 0.4) is 0 Å². The van der Waals surface area contributed by atoms with Gasteiger partial charge in [-0.25, -0.2) is 0 Å². The second-order valence-electron chi connectivity index (χ2n) is 5.10. The second kappa shape index (κ2) is 7.78. The molecule has 0 saturated carbocycles. The molecule has 0 amide bonds. The summed E-state index contributed by atoms with van der Waals surface area (Å²) < 4.78 is 1.03. The number of nitrogens with one attached hydrogen (secondary N) is 2. The third-order valence-electron chi connectivity index (χ3n) is 3.32. The summed E-state index contributed by atoms with van der Waals surface area (Å²) in [5.74, 6) is 0. The van der Waals surface area contributed by atoms with E-state index < -0.39 is 0 Å². The fourth-order valence-corrected chi connectivity index (χ4v) is 3.00. The summed E-state index contributed by atoms with van der Waals surface area (Å²) in [5.41, 5.74) is 3.06. The Labute approximate surface area is 121 Å². The molecule has 0 fully saturated rings. The first-order chi connectivity index (χ1) is 8.29. The van der Waals surface area contributed by atoms with Gasteiger partial charge in [0.25, 0.3) is 0 Å². The van der Waals surface area contributed by atoms with Gasteiger partial charge < -0.3 is 10.7 Å². The van der Waals surface area contributed by atoms with Crippen LogP contribution in [-0.4, -0.2) is 11.3 Å². The standard InChI is InChI=1S/C15H27BrN2/c1-7-11(4)13(8-2)14(16)18-15(6,9-3)10-12(5)17/h17-18H,4,7-10H2,1-3,5-6H3/b14-13-,17-12?. The molecule has 0 saturated heterocycles. The molecular formula is C15H27BrN2. The third kappa shape index (κ3) is 5.38. The number of halogens is 1. The molecule has 0 aliphatic carbocycles. The Morgan fingerprint density at radius 3 is 2.17 bits per heavy atom. The topological polar surface area (TPSA) is 35.9 Å². The Hall–Kier alpha value is -0.570. The van der Waals surface area contributed by atoms with Crippen LogP contribution in [0, 0.1) is 5.41 Å². The summed E-state index contributed by atoms with van der Waals surface area (Å²) in [7, 11) is 0. The van der Waals surface area contributed by atoms with Gasteiger partial charge >= 0.3 is 0 Å². The van der Waals surface area contributed by atoms with Crippen molar-refractivity contribution < 1.29 is 0 Å². The molecule has 0 spiro atoms. The fourth-order valence-electron chi connectivity index (χ4n) is 1.96. The minimum atomic E-state index is -0.0703. The molecular weight excluding hydrogens is 288 g/mol. The zero-order valence-corrected chi connectivity index (χ0v) is 14.0. The molecule has 2 N–H and O–H groups in total. The number of hydrogen-bond acceptors (Lipinski definition) is 2. The van der Waals surface area contributed by atoms with Gasteiger partial charge in [-0.3, -0.25) is 0 Å². The van der Waals surface area contributed by atoms with Gasteiger partial charge in [0.15, 0.2) is 0 Å². The monoisotopic (exact) mass is 314 g/mol. The van der Waals surface area contributed by atoms with E-state index in [-0.39, 0.29) is 5.54 Å². The summed E-state index contributed by atoms with van der Waals surface area (Å²) in [6.45, 7) is 14.5. The van der Waals surface area contributed by atoms with Crippen molar-refractivity contribution in [1.29, 1.82) is 5.41 Å². The minimum Gasteiger partial charge on any atom is -0.374 e. The maximum absolute atomic E-state index is 7.68. The number of rotatable bonds is 8. The Bertz CT molecular complexity index is 344. The lowest BCUT2D eigenvalue weighted by atomic mass is 9.92. The molecule has 0 aliphatic heterocycles. The highest BCUT2D eigenvalue weighted by Crippen LogP contribution is 2.26. The van der Waals surface area contributed by atoms with Crippen LogP contribution in [0.1, 0.15) is 60.3 Å². The van der Waals surface area contributed by atoms with Gasteiger partial charge in [-0.15, -0.1) is 0 Å². The van der Waals surface area contributed by atoms with E-state index in [1.807, 2.05) is 6.92 Å². The Balaban J connectivity index is 5.08. The maximum atomic E-state index is 7.68. The largest absolute Gasteiger partial charge is 0.374 e. The number of allylic oxidation sites excluding steroid dienone is 2. The summed E-state index contributed by atoms with van der Waals surface area (Å²) in [6, 6.07) is 0. The first-order valence-corrected chi connectivity index (χ1v) is 7.47. The zero-order valence-electron chi connectivity index (χ0n) is 12.4. The Morgan fingerprint density at radius 2 is 1.83 bits per heavy atom. The van der Waals surface area contributed by atoms with E-state index in [9.17, 15) is 0 Å². The summed E-state index contributed by atoms with van der Waals surface area (Å²) in [6.07, 6.45) is 3.66. The van der Waals surface area contributed by atoms with Crippen molar-refractivity contribution in [2.75, 3.05) is 0 Å². The smallest absolute Gasteiger partial charge is 0.0819 e. The molecule has 0 aromatic heterocycles. The molecule has 3 heteroatoms. The quantitative estimate of drug-likeness (QED) is 0.362. The average Bonchev–Trinajstić information content (AvgIpc) is 2.28. The van der Waals surface area contributed by atoms with Crippen LogP contribution in [-0.2, 0) is 0 Å². The first-order valence-electron chi connectivity index (χ1n) is 6.68. The van der Waals surface area contributed by atoms with E-state index in [0.29, 0.717) is 5.71 Å². The minimum absolute atomic E-state index is 0.0703. The van der Waals surface area contributed by atoms with Crippen LogP contribution in [0.5, 0.6) is 0 Å². The van der Waals surface area contributed by atoms with E-state index >= 15 is 0 Å². The highest BCUT2D eigenvalue weighted by molar-refractivity contribution is 9.11. The predicted molar refractivity (Wildman–Crippen MR) is 85.5 cm³/mol. The van der Waals surface area contributed by atoms with Gasteiger partial charge in [-0.2, -0.15) is 0 Å². The number of hydrogen-bond donors (Lipinski definition) is 2. The van der Waals surface area contributed by atoms with E-state index in [2.05, 4.69) is 55.5 Å². The fraction of sp³-hybridized carbons (Fsp3) is 0.667. The molecule has 0 aromatic rings. The van der Waals surface area contributed by atoms with E-state index in [1.165, 1.54) is 11.1 Å². The lowest BCUT2D eigenvalue weighted by Gasteiger charge is -2.31. The van der Waals surface area contributed by atoms with Crippen LogP contribution >= 0.6 is 15.9 Å². The van der Waals surface area contributed by atoms with Crippen LogP contribution in [0.15, 0.2) is 22.3 Å². The SMILES string of the molecule is C=C(CC)/C(CC)=C(/Br)NC(C)(CC)CC(C)=N. The van der Waals surface area contributed by atoms with Crippen LogP contribution in [0.25, 0.3) is 0 Å². The molecule has 0 heterocycles. The van der Waals surface area contributed by atoms with Gasteiger partial charge in [-0.05, 0) is 60.2 Å². The molecule has 1 atom stereocenters. The van der Waals surface area contributed by atoms with Crippen LogP contribution < -0.4 is 5.32 Å². The van der Waals surface area contributed by atoms with E-state index in [4.69, 9.17) is 5.41 Å². The van der Waals surface area contributed by atoms with E-state index in [0.717, 1.165) is 30.3 Å². The van der Waals surface area contributed by atoms with Crippen molar-refractivity contribution in [3.8, 4) is 0 Å². The normalized spacial score (nSPS) is 15.7. The molecule has 0 rings (SSSR count). The molecule has 104 valence electrons. The molecule has 1 unspecified atom stereocenters. The van der Waals surface area contributed by atoms with Crippen molar-refractivity contribution in [3.05, 3.63) is 22.3 Å². The summed E-state index contributed by atoms with van der Waals surface area (Å²) in [4.78, 5) is 0. The highest BCUT2D eigenvalue weighted by Gasteiger charge is 2.23. The molecule has 0 aliphatic rings. The van der Waals surface area contributed by atoms with Crippen molar-refractivity contribution in [2.45, 2.75) is 65.8 Å². The molecule has 0 radical (unpaired) electrons. The zero-order chi connectivity index (χ0) is 14.3. The molecule has 0 bridgehead atoms. The maximum Gasteiger partial charge on any atom is 0.0819 e. The Kier molecular flexibility index (Phi) is 7.53. The molecule has 0 aromatic carbocycles. The van der Waals surface area contributed by atoms with Crippen molar-refractivity contribution >= 4 is 21.6 Å². The highest BCUT2D eigenvalue weighted by atomic mass is 79.9. The van der Waals surface area contributed by atoms with Gasteiger partial charge in [0.2, 0.25) is 0 Å². The summed E-state index contributed by atoms with van der Waals surface area (Å²) in [5, 5.41) is 11.2. The van der Waals surface area contributed by atoms with Crippen molar-refractivity contribution in [2.24, 2.45) is 0 Å². The van der Waals surface area contributed by atoms with Crippen molar-refractivity contribution in [3.63, 3.8) is 0 Å². The Morgan fingerprint density at radius 1 is 1.28 bits per heavy atom. The van der Waals surface area contributed by atoms with Crippen LogP contribution in [0.4, 0.5) is 0 Å². The second-order valence-corrected chi connectivity index (χ2v) is 5.89. The van der Waals surface area contributed by atoms with Crippen LogP contribution in [0.2, 0.25) is 0 Å². The summed E-state index contributed by atoms with van der Waals surface area (Å²) >= 11 is 3.65. The third-order valence-corrected chi connectivity index (χ3v) is 4.00. The lowest BCUT2D eigenvalue weighted by molar-refractivity contribution is 0.397. The lowest BCUT2D eigenvalue weighted by Crippen LogP contribution is -2.41. The molecule has 2 nitrogen and oxygen atoms in total. The molecule has 18 heavy (non-hydrogen) atoms. The van der Waals surface area contributed by atoms with Gasteiger partial charge in [0.05, 0.1) is 4.61 Å². The first kappa shape index (κ1) is 17.4. The van der Waals surface area contributed by atoms with Gasteiger partial charge in [-0.1, -0.05) is 27.4 Å². The van der Waals surface area contributed by atoms with Gasteiger partial charge in [0, 0.05) is 17.7 Å².